The molecule has 0 fully saturated rings. The molecule has 3 nitrogen and oxygen atoms in total. The summed E-state index contributed by atoms with van der Waals surface area (Å²) < 4.78 is 21.8. The van der Waals surface area contributed by atoms with Crippen molar-refractivity contribution in [2.45, 2.75) is 24.2 Å². The molecule has 16 heavy (non-hydrogen) atoms. The number of alkyl halides is 1. The molecular formula is C11H15ClO3S. The minimum absolute atomic E-state index is 0.100. The SMILES string of the molecule is CCS(=O)(=O)[C@@](C)(Cl)[C@H](O)c1ccccc1. The zero-order valence-corrected chi connectivity index (χ0v) is 10.8. The summed E-state index contributed by atoms with van der Waals surface area (Å²) in [6.07, 6.45) is -1.24. The van der Waals surface area contributed by atoms with Gasteiger partial charge in [-0.15, -0.1) is 0 Å². The second kappa shape index (κ2) is 4.73. The molecule has 1 aromatic carbocycles. The summed E-state index contributed by atoms with van der Waals surface area (Å²) in [6, 6.07) is 8.54. The van der Waals surface area contributed by atoms with Gasteiger partial charge in [0.15, 0.2) is 14.0 Å². The number of halogens is 1. The van der Waals surface area contributed by atoms with E-state index in [-0.39, 0.29) is 5.75 Å². The van der Waals surface area contributed by atoms with E-state index in [0.29, 0.717) is 5.56 Å². The highest BCUT2D eigenvalue weighted by atomic mass is 35.5. The number of hydrogen-bond donors (Lipinski definition) is 1. The van der Waals surface area contributed by atoms with E-state index in [4.69, 9.17) is 11.6 Å². The largest absolute Gasteiger partial charge is 0.385 e. The van der Waals surface area contributed by atoms with Crippen molar-refractivity contribution < 1.29 is 13.5 Å². The van der Waals surface area contributed by atoms with E-state index in [9.17, 15) is 13.5 Å². The standard InChI is InChI=1S/C11H15ClO3S/c1-3-16(14,15)11(2,12)10(13)9-7-5-4-6-8-9/h4-8,10,13H,3H2,1-2H3/t10-,11-/m1/s1. The molecule has 1 rings (SSSR count). The van der Waals surface area contributed by atoms with Crippen LogP contribution in [0, 0.1) is 0 Å². The van der Waals surface area contributed by atoms with E-state index < -0.39 is 20.1 Å². The Morgan fingerprint density at radius 1 is 1.38 bits per heavy atom. The van der Waals surface area contributed by atoms with Gasteiger partial charge < -0.3 is 5.11 Å². The Morgan fingerprint density at radius 3 is 2.31 bits per heavy atom. The van der Waals surface area contributed by atoms with Crippen molar-refractivity contribution in [2.75, 3.05) is 5.75 Å². The Kier molecular flexibility index (Phi) is 3.99. The maximum absolute atomic E-state index is 11.7. The summed E-state index contributed by atoms with van der Waals surface area (Å²) in [5.41, 5.74) is 0.497. The second-order valence-electron chi connectivity index (χ2n) is 3.70. The molecule has 0 saturated carbocycles. The van der Waals surface area contributed by atoms with Crippen LogP contribution in [0.4, 0.5) is 0 Å². The maximum atomic E-state index is 11.7. The number of aliphatic hydroxyl groups excluding tert-OH is 1. The first-order chi connectivity index (χ1) is 7.33. The number of rotatable bonds is 4. The van der Waals surface area contributed by atoms with Crippen molar-refractivity contribution in [3.05, 3.63) is 35.9 Å². The molecule has 90 valence electrons. The van der Waals surface area contributed by atoms with Crippen molar-refractivity contribution >= 4 is 21.4 Å². The molecule has 0 radical (unpaired) electrons. The Bertz CT molecular complexity index is 440. The van der Waals surface area contributed by atoms with E-state index in [1.165, 1.54) is 13.8 Å². The monoisotopic (exact) mass is 262 g/mol. The average molecular weight is 263 g/mol. The highest BCUT2D eigenvalue weighted by Gasteiger charge is 2.43. The van der Waals surface area contributed by atoms with Crippen LogP contribution >= 0.6 is 11.6 Å². The Morgan fingerprint density at radius 2 is 1.88 bits per heavy atom. The Hall–Kier alpha value is -0.580. The summed E-state index contributed by atoms with van der Waals surface area (Å²) in [6.45, 7) is 2.83. The number of hydrogen-bond acceptors (Lipinski definition) is 3. The summed E-state index contributed by atoms with van der Waals surface area (Å²) >= 11 is 5.98. The van der Waals surface area contributed by atoms with Gasteiger partial charge in [-0.25, -0.2) is 8.42 Å². The van der Waals surface area contributed by atoms with Gasteiger partial charge in [0, 0.05) is 5.75 Å². The quantitative estimate of drug-likeness (QED) is 0.846. The first-order valence-electron chi connectivity index (χ1n) is 4.97. The van der Waals surface area contributed by atoms with Crippen molar-refractivity contribution in [3.63, 3.8) is 0 Å². The van der Waals surface area contributed by atoms with Crippen LogP contribution in [0.25, 0.3) is 0 Å². The smallest absolute Gasteiger partial charge is 0.172 e. The Balaban J connectivity index is 3.11. The molecule has 0 saturated heterocycles. The lowest BCUT2D eigenvalue weighted by Gasteiger charge is -2.27. The third kappa shape index (κ3) is 2.39. The number of sulfone groups is 1. The van der Waals surface area contributed by atoms with Gasteiger partial charge in [-0.3, -0.25) is 0 Å². The van der Waals surface area contributed by atoms with Gasteiger partial charge >= 0.3 is 0 Å². The molecule has 0 aliphatic heterocycles. The lowest BCUT2D eigenvalue weighted by atomic mass is 10.1. The normalized spacial score (nSPS) is 17.8. The predicted octanol–water partition coefficient (Wildman–Crippen LogP) is 2.11. The van der Waals surface area contributed by atoms with Gasteiger partial charge in [0.1, 0.15) is 6.10 Å². The van der Waals surface area contributed by atoms with E-state index in [1.54, 1.807) is 30.3 Å². The maximum Gasteiger partial charge on any atom is 0.172 e. The van der Waals surface area contributed by atoms with Crippen molar-refractivity contribution in [1.29, 1.82) is 0 Å². The fourth-order valence-corrected chi connectivity index (χ4v) is 2.88. The van der Waals surface area contributed by atoms with Crippen LogP contribution in [-0.4, -0.2) is 23.5 Å². The topological polar surface area (TPSA) is 54.4 Å². The molecule has 0 bridgehead atoms. The third-order valence-corrected chi connectivity index (χ3v) is 5.70. The number of aliphatic hydroxyl groups is 1. The van der Waals surface area contributed by atoms with Gasteiger partial charge in [0.25, 0.3) is 0 Å². The van der Waals surface area contributed by atoms with Crippen LogP contribution in [-0.2, 0) is 9.84 Å². The van der Waals surface area contributed by atoms with E-state index in [2.05, 4.69) is 0 Å². The Labute approximate surface area is 101 Å². The van der Waals surface area contributed by atoms with Gasteiger partial charge in [0.2, 0.25) is 0 Å². The molecule has 1 aromatic rings. The average Bonchev–Trinajstić information content (AvgIpc) is 2.29. The van der Waals surface area contributed by atoms with Crippen LogP contribution in [0.5, 0.6) is 0 Å². The van der Waals surface area contributed by atoms with Crippen molar-refractivity contribution in [3.8, 4) is 0 Å². The van der Waals surface area contributed by atoms with Crippen molar-refractivity contribution in [1.82, 2.24) is 0 Å². The highest BCUT2D eigenvalue weighted by Crippen LogP contribution is 2.36. The van der Waals surface area contributed by atoms with Crippen molar-refractivity contribution in [2.24, 2.45) is 0 Å². The molecule has 0 aliphatic rings. The molecule has 5 heteroatoms. The highest BCUT2D eigenvalue weighted by molar-refractivity contribution is 7.94. The number of benzene rings is 1. The van der Waals surface area contributed by atoms with E-state index >= 15 is 0 Å². The first-order valence-corrected chi connectivity index (χ1v) is 7.00. The lowest BCUT2D eigenvalue weighted by Crippen LogP contribution is -2.37. The van der Waals surface area contributed by atoms with Crippen LogP contribution in [0.1, 0.15) is 25.5 Å². The van der Waals surface area contributed by atoms with Crippen LogP contribution < -0.4 is 0 Å². The summed E-state index contributed by atoms with van der Waals surface area (Å²) in [5, 5.41) is 10.0. The van der Waals surface area contributed by atoms with E-state index in [1.807, 2.05) is 0 Å². The molecule has 0 unspecified atom stereocenters. The molecule has 0 aromatic heterocycles. The fourth-order valence-electron chi connectivity index (χ4n) is 1.39. The molecule has 0 heterocycles. The molecular weight excluding hydrogens is 248 g/mol. The van der Waals surface area contributed by atoms with Gasteiger partial charge in [-0.2, -0.15) is 0 Å². The van der Waals surface area contributed by atoms with Gasteiger partial charge in [-0.1, -0.05) is 48.9 Å². The molecule has 0 amide bonds. The zero-order valence-electron chi connectivity index (χ0n) is 9.22. The minimum atomic E-state index is -3.53. The molecule has 2 atom stereocenters. The van der Waals surface area contributed by atoms with Crippen LogP contribution in [0.3, 0.4) is 0 Å². The minimum Gasteiger partial charge on any atom is -0.385 e. The molecule has 1 N–H and O–H groups in total. The first kappa shape index (κ1) is 13.5. The lowest BCUT2D eigenvalue weighted by molar-refractivity contribution is 0.162. The zero-order chi connectivity index (χ0) is 12.4. The predicted molar refractivity (Wildman–Crippen MR) is 65.1 cm³/mol. The fraction of sp³-hybridized carbons (Fsp3) is 0.455. The third-order valence-electron chi connectivity index (χ3n) is 2.59. The van der Waals surface area contributed by atoms with Crippen LogP contribution in [0.15, 0.2) is 30.3 Å². The second-order valence-corrected chi connectivity index (χ2v) is 7.37. The van der Waals surface area contributed by atoms with Gasteiger partial charge in [-0.05, 0) is 12.5 Å². The summed E-state index contributed by atoms with van der Waals surface area (Å²) in [5.74, 6) is -0.100. The summed E-state index contributed by atoms with van der Waals surface area (Å²) in [7, 11) is -3.53. The van der Waals surface area contributed by atoms with Gasteiger partial charge in [0.05, 0.1) is 0 Å². The summed E-state index contributed by atoms with van der Waals surface area (Å²) in [4.78, 5) is 0. The van der Waals surface area contributed by atoms with E-state index in [0.717, 1.165) is 0 Å². The molecule has 0 aliphatic carbocycles. The molecule has 0 spiro atoms. The van der Waals surface area contributed by atoms with Crippen LogP contribution in [0.2, 0.25) is 0 Å².